The Hall–Kier alpha value is -2.76. The molecule has 29 heavy (non-hydrogen) atoms. The van der Waals surface area contributed by atoms with E-state index in [1.165, 1.54) is 4.57 Å². The first-order valence-electron chi connectivity index (χ1n) is 8.76. The van der Waals surface area contributed by atoms with Crippen LogP contribution in [0.1, 0.15) is 25.8 Å². The number of rotatable bonds is 5. The normalized spacial score (nSPS) is 15.1. The van der Waals surface area contributed by atoms with Gasteiger partial charge in [-0.15, -0.1) is 5.10 Å². The lowest BCUT2D eigenvalue weighted by Crippen LogP contribution is -2.45. The SMILES string of the molecule is CCCn1c(S[C@H](C)C(=O)N2CC(=O)Nc3cc(C(F)(F)F)ccc32)n[nH]c1=O. The number of thioether (sulfide) groups is 1. The maximum Gasteiger partial charge on any atom is 0.416 e. The molecule has 0 unspecified atom stereocenters. The number of carbonyl (C=O) groups is 2. The number of fused-ring (bicyclic) bond motifs is 1. The van der Waals surface area contributed by atoms with E-state index in [4.69, 9.17) is 0 Å². The van der Waals surface area contributed by atoms with Gasteiger partial charge in [0.25, 0.3) is 0 Å². The fourth-order valence-corrected chi connectivity index (χ4v) is 3.85. The van der Waals surface area contributed by atoms with Crippen LogP contribution in [0.5, 0.6) is 0 Å². The zero-order chi connectivity index (χ0) is 21.3. The van der Waals surface area contributed by atoms with E-state index in [9.17, 15) is 27.6 Å². The van der Waals surface area contributed by atoms with Crippen molar-refractivity contribution in [1.82, 2.24) is 14.8 Å². The van der Waals surface area contributed by atoms with Gasteiger partial charge in [0.1, 0.15) is 6.54 Å². The fraction of sp³-hybridized carbons (Fsp3) is 0.412. The summed E-state index contributed by atoms with van der Waals surface area (Å²) >= 11 is 1.03. The highest BCUT2D eigenvalue weighted by molar-refractivity contribution is 8.00. The highest BCUT2D eigenvalue weighted by atomic mass is 32.2. The molecule has 3 rings (SSSR count). The smallest absolute Gasteiger partial charge is 0.323 e. The van der Waals surface area contributed by atoms with Gasteiger partial charge >= 0.3 is 11.9 Å². The third-order valence-corrected chi connectivity index (χ3v) is 5.33. The molecule has 0 saturated heterocycles. The Labute approximate surface area is 167 Å². The second kappa shape index (κ2) is 7.93. The predicted molar refractivity (Wildman–Crippen MR) is 101 cm³/mol. The number of anilines is 2. The molecule has 8 nitrogen and oxygen atoms in total. The van der Waals surface area contributed by atoms with Crippen LogP contribution in [0.15, 0.2) is 28.2 Å². The summed E-state index contributed by atoms with van der Waals surface area (Å²) in [6.07, 6.45) is -3.88. The van der Waals surface area contributed by atoms with Gasteiger partial charge in [-0.05, 0) is 31.5 Å². The number of aromatic amines is 1. The van der Waals surface area contributed by atoms with Gasteiger partial charge in [0.05, 0.1) is 22.2 Å². The zero-order valence-electron chi connectivity index (χ0n) is 15.5. The average Bonchev–Trinajstić information content (AvgIpc) is 2.99. The number of benzene rings is 1. The minimum absolute atomic E-state index is 0.0794. The second-order valence-electron chi connectivity index (χ2n) is 6.43. The van der Waals surface area contributed by atoms with Crippen LogP contribution >= 0.6 is 11.8 Å². The number of hydrogen-bond donors (Lipinski definition) is 2. The van der Waals surface area contributed by atoms with Gasteiger partial charge in [0.2, 0.25) is 11.8 Å². The van der Waals surface area contributed by atoms with E-state index >= 15 is 0 Å². The molecular formula is C17H18F3N5O3S. The molecule has 1 aliphatic rings. The maximum absolute atomic E-state index is 12.9. The third kappa shape index (κ3) is 4.31. The molecule has 1 aromatic heterocycles. The van der Waals surface area contributed by atoms with Crippen molar-refractivity contribution in [2.45, 2.75) is 43.4 Å². The van der Waals surface area contributed by atoms with Gasteiger partial charge in [0.15, 0.2) is 5.16 Å². The van der Waals surface area contributed by atoms with E-state index in [0.29, 0.717) is 18.1 Å². The molecule has 0 fully saturated rings. The lowest BCUT2D eigenvalue weighted by Gasteiger charge is -2.31. The Balaban J connectivity index is 1.86. The molecule has 1 aromatic carbocycles. The number of H-pyrrole nitrogens is 1. The van der Waals surface area contributed by atoms with Gasteiger partial charge in [-0.25, -0.2) is 9.89 Å². The molecule has 2 heterocycles. The van der Waals surface area contributed by atoms with Crippen molar-refractivity contribution in [3.05, 3.63) is 34.2 Å². The van der Waals surface area contributed by atoms with Gasteiger partial charge in [0, 0.05) is 6.54 Å². The largest absolute Gasteiger partial charge is 0.416 e. The molecule has 0 bridgehead atoms. The summed E-state index contributed by atoms with van der Waals surface area (Å²) in [6, 6.07) is 2.83. The summed E-state index contributed by atoms with van der Waals surface area (Å²) in [5.74, 6) is -1.07. The van der Waals surface area contributed by atoms with Gasteiger partial charge in [-0.2, -0.15) is 13.2 Å². The van der Waals surface area contributed by atoms with Crippen LogP contribution in [0.3, 0.4) is 0 Å². The number of nitrogens with one attached hydrogen (secondary N) is 2. The highest BCUT2D eigenvalue weighted by Crippen LogP contribution is 2.37. The van der Waals surface area contributed by atoms with Crippen molar-refractivity contribution in [3.8, 4) is 0 Å². The van der Waals surface area contributed by atoms with E-state index < -0.39 is 34.5 Å². The summed E-state index contributed by atoms with van der Waals surface area (Å²) < 4.78 is 40.3. The molecule has 1 atom stereocenters. The predicted octanol–water partition coefficient (Wildman–Crippen LogP) is 2.47. The van der Waals surface area contributed by atoms with Gasteiger partial charge in [-0.3, -0.25) is 19.1 Å². The molecule has 2 amide bonds. The first-order valence-corrected chi connectivity index (χ1v) is 9.64. The van der Waals surface area contributed by atoms with Gasteiger partial charge in [-0.1, -0.05) is 18.7 Å². The Kier molecular flexibility index (Phi) is 5.73. The zero-order valence-corrected chi connectivity index (χ0v) is 16.4. The monoisotopic (exact) mass is 429 g/mol. The minimum Gasteiger partial charge on any atom is -0.323 e. The molecule has 0 spiro atoms. The standard InChI is InChI=1S/C17H18F3N5O3S/c1-3-6-24-15(28)22-23-16(24)29-9(2)14(27)25-8-13(26)21-11-7-10(17(18,19)20)4-5-12(11)25/h4-5,7,9H,3,6,8H2,1-2H3,(H,21,26)(H,22,28)/t9-/m1/s1. The molecule has 0 aliphatic carbocycles. The number of alkyl halides is 3. The van der Waals surface area contributed by atoms with E-state index in [1.807, 2.05) is 6.92 Å². The molecule has 0 radical (unpaired) electrons. The summed E-state index contributed by atoms with van der Waals surface area (Å²) in [7, 11) is 0. The van der Waals surface area contributed by atoms with Crippen molar-refractivity contribution in [1.29, 1.82) is 0 Å². The lowest BCUT2D eigenvalue weighted by atomic mass is 10.1. The van der Waals surface area contributed by atoms with Crippen molar-refractivity contribution in [3.63, 3.8) is 0 Å². The Bertz CT molecular complexity index is 1000. The Morgan fingerprint density at radius 3 is 2.72 bits per heavy atom. The van der Waals surface area contributed by atoms with Crippen molar-refractivity contribution < 1.29 is 22.8 Å². The van der Waals surface area contributed by atoms with E-state index in [-0.39, 0.29) is 17.9 Å². The van der Waals surface area contributed by atoms with E-state index in [1.54, 1.807) is 6.92 Å². The third-order valence-electron chi connectivity index (χ3n) is 4.26. The number of nitrogens with zero attached hydrogens (tertiary/aromatic N) is 3. The molecular weight excluding hydrogens is 411 g/mol. The molecule has 2 N–H and O–H groups in total. The van der Waals surface area contributed by atoms with Crippen LogP contribution < -0.4 is 15.9 Å². The highest BCUT2D eigenvalue weighted by Gasteiger charge is 2.35. The Morgan fingerprint density at radius 1 is 1.34 bits per heavy atom. The van der Waals surface area contributed by atoms with Crippen LogP contribution in [-0.4, -0.2) is 38.4 Å². The number of amides is 2. The van der Waals surface area contributed by atoms with Crippen molar-refractivity contribution in [2.75, 3.05) is 16.8 Å². The van der Waals surface area contributed by atoms with Crippen LogP contribution in [0.25, 0.3) is 0 Å². The Morgan fingerprint density at radius 2 is 2.07 bits per heavy atom. The first-order chi connectivity index (χ1) is 13.6. The second-order valence-corrected chi connectivity index (χ2v) is 7.73. The molecule has 1 aliphatic heterocycles. The van der Waals surface area contributed by atoms with Crippen LogP contribution in [0, 0.1) is 0 Å². The first kappa shape index (κ1) is 21.0. The van der Waals surface area contributed by atoms with Crippen LogP contribution in [0.2, 0.25) is 0 Å². The van der Waals surface area contributed by atoms with Gasteiger partial charge < -0.3 is 5.32 Å². The van der Waals surface area contributed by atoms with Crippen molar-refractivity contribution >= 4 is 35.0 Å². The number of carbonyl (C=O) groups excluding carboxylic acids is 2. The quantitative estimate of drug-likeness (QED) is 0.712. The molecule has 2 aromatic rings. The summed E-state index contributed by atoms with van der Waals surface area (Å²) in [6.45, 7) is 3.58. The van der Waals surface area contributed by atoms with Crippen LogP contribution in [0.4, 0.5) is 24.5 Å². The molecule has 12 heteroatoms. The fourth-order valence-electron chi connectivity index (χ4n) is 2.90. The lowest BCUT2D eigenvalue weighted by molar-refractivity contribution is -0.137. The number of aromatic nitrogens is 3. The number of hydrogen-bond acceptors (Lipinski definition) is 5. The maximum atomic E-state index is 12.9. The molecule has 0 saturated carbocycles. The summed E-state index contributed by atoms with van der Waals surface area (Å²) in [5.41, 5.74) is -1.21. The number of halogens is 3. The van der Waals surface area contributed by atoms with Crippen molar-refractivity contribution in [2.24, 2.45) is 0 Å². The molecule has 156 valence electrons. The summed E-state index contributed by atoms with van der Waals surface area (Å²) in [4.78, 5) is 37.8. The van der Waals surface area contributed by atoms with E-state index in [0.717, 1.165) is 34.9 Å². The summed E-state index contributed by atoms with van der Waals surface area (Å²) in [5, 5.41) is 8.21. The van der Waals surface area contributed by atoms with Crippen LogP contribution in [-0.2, 0) is 22.3 Å². The average molecular weight is 429 g/mol. The topological polar surface area (TPSA) is 100 Å². The minimum atomic E-state index is -4.57. The van der Waals surface area contributed by atoms with E-state index in [2.05, 4.69) is 15.5 Å².